The Bertz CT molecular complexity index is 237. The van der Waals surface area contributed by atoms with Crippen LogP contribution in [0.2, 0.25) is 0 Å². The maximum absolute atomic E-state index is 11.2. The molecule has 0 heterocycles. The first-order valence-corrected chi connectivity index (χ1v) is 5.63. The molecule has 1 unspecified atom stereocenters. The first-order valence-electron chi connectivity index (χ1n) is 4.30. The zero-order chi connectivity index (χ0) is 10.7. The van der Waals surface area contributed by atoms with E-state index in [1.54, 1.807) is 27.7 Å². The van der Waals surface area contributed by atoms with Crippen molar-refractivity contribution >= 4 is 10.4 Å². The van der Waals surface area contributed by atoms with Crippen LogP contribution >= 0.6 is 0 Å². The Kier molecular flexibility index (Phi) is 4.35. The lowest BCUT2D eigenvalue weighted by Gasteiger charge is -2.19. The van der Waals surface area contributed by atoms with Gasteiger partial charge in [0.25, 0.3) is 0 Å². The topological polar surface area (TPSA) is 52.6 Å². The highest BCUT2D eigenvalue weighted by Crippen LogP contribution is 2.14. The Labute approximate surface area is 80.6 Å². The first-order chi connectivity index (χ1) is 5.66. The van der Waals surface area contributed by atoms with Crippen LogP contribution in [0.25, 0.3) is 0 Å². The molecule has 4 nitrogen and oxygen atoms in total. The van der Waals surface area contributed by atoms with Gasteiger partial charge in [0.2, 0.25) is 0 Å². The minimum atomic E-state index is -3.85. The fraction of sp³-hybridized carbons (Fsp3) is 1.00. The van der Waals surface area contributed by atoms with Crippen LogP contribution in [0.15, 0.2) is 0 Å². The summed E-state index contributed by atoms with van der Waals surface area (Å²) >= 11 is 0. The smallest absolute Gasteiger partial charge is 0.245 e. The first kappa shape index (κ1) is 12.9. The molecule has 1 atom stereocenters. The summed E-state index contributed by atoms with van der Waals surface area (Å²) in [6.07, 6.45) is 0.291. The molecule has 0 saturated carbocycles. The van der Waals surface area contributed by atoms with Gasteiger partial charge in [0, 0.05) is 0 Å². The predicted octanol–water partition coefficient (Wildman–Crippen LogP) is 1.86. The largest absolute Gasteiger partial charge is 0.400 e. The molecule has 0 fully saturated rings. The Morgan fingerprint density at radius 3 is 2.08 bits per heavy atom. The minimum Gasteiger partial charge on any atom is -0.245 e. The quantitative estimate of drug-likeness (QED) is 0.710. The molecule has 13 heavy (non-hydrogen) atoms. The second kappa shape index (κ2) is 4.39. The van der Waals surface area contributed by atoms with Crippen molar-refractivity contribution in [3.05, 3.63) is 0 Å². The van der Waals surface area contributed by atoms with Gasteiger partial charge in [-0.05, 0) is 34.1 Å². The zero-order valence-corrected chi connectivity index (χ0v) is 9.64. The average molecular weight is 210 g/mol. The van der Waals surface area contributed by atoms with Crippen LogP contribution in [0.3, 0.4) is 0 Å². The summed E-state index contributed by atoms with van der Waals surface area (Å²) in [5.74, 6) is 0. The maximum atomic E-state index is 11.2. The number of hydrogen-bond donors (Lipinski definition) is 0. The van der Waals surface area contributed by atoms with Gasteiger partial charge in [0.15, 0.2) is 0 Å². The van der Waals surface area contributed by atoms with Crippen molar-refractivity contribution in [2.24, 2.45) is 0 Å². The molecule has 5 heteroatoms. The monoisotopic (exact) mass is 210 g/mol. The molecule has 0 spiro atoms. The zero-order valence-electron chi connectivity index (χ0n) is 8.83. The van der Waals surface area contributed by atoms with Gasteiger partial charge in [-0.3, -0.25) is 0 Å². The van der Waals surface area contributed by atoms with E-state index in [1.807, 2.05) is 6.92 Å². The summed E-state index contributed by atoms with van der Waals surface area (Å²) in [5.41, 5.74) is -0.744. The summed E-state index contributed by atoms with van der Waals surface area (Å²) in [6.45, 7) is 8.50. The normalized spacial score (nSPS) is 15.8. The van der Waals surface area contributed by atoms with Crippen LogP contribution in [-0.4, -0.2) is 20.1 Å². The second-order valence-corrected chi connectivity index (χ2v) is 5.09. The number of hydrogen-bond acceptors (Lipinski definition) is 4. The Morgan fingerprint density at radius 1 is 1.31 bits per heavy atom. The summed E-state index contributed by atoms with van der Waals surface area (Å²) in [4.78, 5) is 0. The van der Waals surface area contributed by atoms with Gasteiger partial charge in [-0.15, -0.1) is 0 Å². The molecule has 0 radical (unpaired) electrons. The average Bonchev–Trinajstić information content (AvgIpc) is 1.80. The Balaban J connectivity index is 4.27. The van der Waals surface area contributed by atoms with Gasteiger partial charge in [-0.1, -0.05) is 6.92 Å². The molecule has 0 N–H and O–H groups in total. The van der Waals surface area contributed by atoms with E-state index in [0.717, 1.165) is 0 Å². The van der Waals surface area contributed by atoms with Gasteiger partial charge in [0.05, 0.1) is 11.7 Å². The van der Waals surface area contributed by atoms with Crippen LogP contribution < -0.4 is 0 Å². The lowest BCUT2D eigenvalue weighted by Crippen LogP contribution is -2.27. The summed E-state index contributed by atoms with van der Waals surface area (Å²) < 4.78 is 31.8. The highest BCUT2D eigenvalue weighted by molar-refractivity contribution is 7.81. The van der Waals surface area contributed by atoms with Gasteiger partial charge in [-0.2, -0.15) is 8.42 Å². The molecule has 0 aliphatic heterocycles. The molecular weight excluding hydrogens is 192 g/mol. The fourth-order valence-electron chi connectivity index (χ4n) is 0.595. The van der Waals surface area contributed by atoms with E-state index in [-0.39, 0.29) is 6.10 Å². The van der Waals surface area contributed by atoms with Crippen LogP contribution in [0, 0.1) is 0 Å². The van der Waals surface area contributed by atoms with E-state index in [4.69, 9.17) is 8.37 Å². The lowest BCUT2D eigenvalue weighted by molar-refractivity contribution is 0.0875. The molecule has 0 amide bonds. The third kappa shape index (κ3) is 6.98. The molecule has 0 saturated heterocycles. The second-order valence-electron chi connectivity index (χ2n) is 3.92. The standard InChI is InChI=1S/C8H18O4S/c1-6-7(2)11-13(9,10)12-8(3,4)5/h7H,6H2,1-5H3. The van der Waals surface area contributed by atoms with Crippen LogP contribution in [-0.2, 0) is 18.8 Å². The molecule has 0 aliphatic carbocycles. The van der Waals surface area contributed by atoms with E-state index in [2.05, 4.69) is 0 Å². The number of rotatable bonds is 4. The van der Waals surface area contributed by atoms with Crippen molar-refractivity contribution in [3.63, 3.8) is 0 Å². The van der Waals surface area contributed by atoms with E-state index in [9.17, 15) is 8.42 Å². The Hall–Kier alpha value is -0.130. The molecule has 80 valence electrons. The molecule has 0 aromatic carbocycles. The Morgan fingerprint density at radius 2 is 1.77 bits per heavy atom. The van der Waals surface area contributed by atoms with E-state index < -0.39 is 16.0 Å². The molecule has 0 aromatic heterocycles. The fourth-order valence-corrected chi connectivity index (χ4v) is 1.79. The molecular formula is C8H18O4S. The van der Waals surface area contributed by atoms with Gasteiger partial charge in [0.1, 0.15) is 0 Å². The highest BCUT2D eigenvalue weighted by Gasteiger charge is 2.24. The van der Waals surface area contributed by atoms with Crippen molar-refractivity contribution in [3.8, 4) is 0 Å². The molecule has 0 bridgehead atoms. The summed E-state index contributed by atoms with van der Waals surface area (Å²) in [5, 5.41) is 0. The van der Waals surface area contributed by atoms with Crippen molar-refractivity contribution in [1.29, 1.82) is 0 Å². The van der Waals surface area contributed by atoms with Gasteiger partial charge < -0.3 is 0 Å². The lowest BCUT2D eigenvalue weighted by atomic mass is 10.2. The summed E-state index contributed by atoms with van der Waals surface area (Å²) in [6, 6.07) is 0. The van der Waals surface area contributed by atoms with Crippen molar-refractivity contribution in [2.75, 3.05) is 0 Å². The van der Waals surface area contributed by atoms with Gasteiger partial charge in [-0.25, -0.2) is 8.37 Å². The third-order valence-corrected chi connectivity index (χ3v) is 2.48. The highest BCUT2D eigenvalue weighted by atomic mass is 32.3. The molecule has 0 rings (SSSR count). The minimum absolute atomic E-state index is 0.340. The van der Waals surface area contributed by atoms with E-state index >= 15 is 0 Å². The van der Waals surface area contributed by atoms with Crippen molar-refractivity contribution in [2.45, 2.75) is 52.7 Å². The maximum Gasteiger partial charge on any atom is 0.400 e. The van der Waals surface area contributed by atoms with Crippen molar-refractivity contribution < 1.29 is 16.8 Å². The summed E-state index contributed by atoms with van der Waals surface area (Å²) in [7, 11) is -3.85. The van der Waals surface area contributed by atoms with E-state index in [1.165, 1.54) is 0 Å². The molecule has 0 aliphatic rings. The third-order valence-electron chi connectivity index (χ3n) is 1.21. The van der Waals surface area contributed by atoms with Crippen LogP contribution in [0.1, 0.15) is 41.0 Å². The van der Waals surface area contributed by atoms with Crippen LogP contribution in [0.4, 0.5) is 0 Å². The SMILES string of the molecule is CCC(C)OS(=O)(=O)OC(C)(C)C. The van der Waals surface area contributed by atoms with Gasteiger partial charge >= 0.3 is 10.4 Å². The predicted molar refractivity (Wildman–Crippen MR) is 50.6 cm³/mol. The van der Waals surface area contributed by atoms with Crippen molar-refractivity contribution in [1.82, 2.24) is 0 Å². The molecule has 0 aromatic rings. The van der Waals surface area contributed by atoms with E-state index in [0.29, 0.717) is 6.42 Å². The van der Waals surface area contributed by atoms with Crippen LogP contribution in [0.5, 0.6) is 0 Å².